The highest BCUT2D eigenvalue weighted by atomic mass is 79.9. The van der Waals surface area contributed by atoms with Gasteiger partial charge in [0.25, 0.3) is 0 Å². The van der Waals surface area contributed by atoms with Gasteiger partial charge in [0, 0.05) is 15.9 Å². The highest BCUT2D eigenvalue weighted by Gasteiger charge is 2.40. The molecule has 1 aliphatic carbocycles. The summed E-state index contributed by atoms with van der Waals surface area (Å²) in [6, 6.07) is 0.528. The van der Waals surface area contributed by atoms with Crippen molar-refractivity contribution >= 4 is 27.3 Å². The maximum atomic E-state index is 3.74. The van der Waals surface area contributed by atoms with Crippen molar-refractivity contribution in [3.8, 4) is 0 Å². The third-order valence-electron chi connectivity index (χ3n) is 4.28. The number of thiophene rings is 1. The molecule has 1 nitrogen and oxygen atoms in total. The van der Waals surface area contributed by atoms with Crippen LogP contribution in [0.4, 0.5) is 0 Å². The minimum absolute atomic E-state index is 0.486. The fraction of sp³-hybridized carbons (Fsp3) is 0.714. The summed E-state index contributed by atoms with van der Waals surface area (Å²) in [6.45, 7) is 5.62. The van der Waals surface area contributed by atoms with Crippen molar-refractivity contribution in [3.63, 3.8) is 0 Å². The zero-order valence-corrected chi connectivity index (χ0v) is 13.2. The molecule has 1 saturated carbocycles. The molecule has 1 N–H and O–H groups in total. The summed E-state index contributed by atoms with van der Waals surface area (Å²) in [6.07, 6.45) is 6.84. The molecule has 1 fully saturated rings. The van der Waals surface area contributed by atoms with Crippen molar-refractivity contribution in [2.24, 2.45) is 5.41 Å². The molecule has 0 amide bonds. The SMILES string of the molecule is CCNC(c1cscc1Br)C1(CC)CCCC1. The van der Waals surface area contributed by atoms with Crippen molar-refractivity contribution < 1.29 is 0 Å². The quantitative estimate of drug-likeness (QED) is 0.794. The Hall–Kier alpha value is 0.140. The van der Waals surface area contributed by atoms with E-state index >= 15 is 0 Å². The van der Waals surface area contributed by atoms with Gasteiger partial charge in [0.15, 0.2) is 0 Å². The second-order valence-corrected chi connectivity index (χ2v) is 6.69. The van der Waals surface area contributed by atoms with Crippen LogP contribution in [0.15, 0.2) is 15.2 Å². The first-order valence-corrected chi connectivity index (χ1v) is 8.42. The maximum absolute atomic E-state index is 3.74. The zero-order chi connectivity index (χ0) is 12.3. The van der Waals surface area contributed by atoms with Gasteiger partial charge in [-0.25, -0.2) is 0 Å². The average Bonchev–Trinajstić information content (AvgIpc) is 2.96. The van der Waals surface area contributed by atoms with Gasteiger partial charge in [0.05, 0.1) is 0 Å². The van der Waals surface area contributed by atoms with Crippen LogP contribution in [0.25, 0.3) is 0 Å². The molecule has 1 atom stereocenters. The van der Waals surface area contributed by atoms with Gasteiger partial charge in [0.1, 0.15) is 0 Å². The van der Waals surface area contributed by atoms with E-state index in [-0.39, 0.29) is 0 Å². The highest BCUT2D eigenvalue weighted by molar-refractivity contribution is 9.10. The Balaban J connectivity index is 2.31. The average molecular weight is 316 g/mol. The van der Waals surface area contributed by atoms with Crippen LogP contribution in [0.5, 0.6) is 0 Å². The van der Waals surface area contributed by atoms with E-state index in [2.05, 4.69) is 45.9 Å². The topological polar surface area (TPSA) is 12.0 Å². The monoisotopic (exact) mass is 315 g/mol. The Kier molecular flexibility index (Phi) is 4.67. The molecule has 0 saturated heterocycles. The van der Waals surface area contributed by atoms with E-state index < -0.39 is 0 Å². The van der Waals surface area contributed by atoms with Gasteiger partial charge in [-0.3, -0.25) is 0 Å². The van der Waals surface area contributed by atoms with Crippen LogP contribution in [-0.2, 0) is 0 Å². The van der Waals surface area contributed by atoms with Gasteiger partial charge in [-0.2, -0.15) is 11.3 Å². The fourth-order valence-corrected chi connectivity index (χ4v) is 4.84. The van der Waals surface area contributed by atoms with Crippen molar-refractivity contribution in [2.75, 3.05) is 6.54 Å². The molecular formula is C14H22BrNS. The van der Waals surface area contributed by atoms with E-state index in [9.17, 15) is 0 Å². The molecule has 96 valence electrons. The second-order valence-electron chi connectivity index (χ2n) is 5.09. The molecule has 1 heterocycles. The van der Waals surface area contributed by atoms with E-state index in [1.54, 1.807) is 11.3 Å². The lowest BCUT2D eigenvalue weighted by atomic mass is 9.74. The lowest BCUT2D eigenvalue weighted by Gasteiger charge is -2.37. The molecule has 2 rings (SSSR count). The summed E-state index contributed by atoms with van der Waals surface area (Å²) < 4.78 is 1.29. The van der Waals surface area contributed by atoms with Gasteiger partial charge >= 0.3 is 0 Å². The van der Waals surface area contributed by atoms with Gasteiger partial charge < -0.3 is 5.32 Å². The standard InChI is InChI=1S/C14H22BrNS/c1-3-14(7-5-6-8-14)13(16-4-2)11-9-17-10-12(11)15/h9-10,13,16H,3-8H2,1-2H3. The van der Waals surface area contributed by atoms with E-state index in [1.165, 1.54) is 42.1 Å². The van der Waals surface area contributed by atoms with Crippen LogP contribution in [0.1, 0.15) is 57.6 Å². The lowest BCUT2D eigenvalue weighted by molar-refractivity contribution is 0.189. The number of rotatable bonds is 5. The summed E-state index contributed by atoms with van der Waals surface area (Å²) in [7, 11) is 0. The molecule has 1 aromatic heterocycles. The molecule has 0 aliphatic heterocycles. The lowest BCUT2D eigenvalue weighted by Crippen LogP contribution is -2.36. The molecule has 0 aromatic carbocycles. The Morgan fingerprint density at radius 1 is 1.35 bits per heavy atom. The molecule has 1 aromatic rings. The smallest absolute Gasteiger partial charge is 0.0396 e. The third-order valence-corrected chi connectivity index (χ3v) is 6.03. The Morgan fingerprint density at radius 3 is 2.53 bits per heavy atom. The molecular weight excluding hydrogens is 294 g/mol. The molecule has 1 aliphatic rings. The Labute approximate surface area is 117 Å². The molecule has 0 radical (unpaired) electrons. The summed E-state index contributed by atoms with van der Waals surface area (Å²) in [5.74, 6) is 0. The zero-order valence-electron chi connectivity index (χ0n) is 10.8. The van der Waals surface area contributed by atoms with Gasteiger partial charge in [0.2, 0.25) is 0 Å². The number of halogens is 1. The summed E-state index contributed by atoms with van der Waals surface area (Å²) in [5, 5.41) is 8.26. The first kappa shape index (κ1) is 13.6. The largest absolute Gasteiger partial charge is 0.310 e. The summed E-state index contributed by atoms with van der Waals surface area (Å²) >= 11 is 5.51. The van der Waals surface area contributed by atoms with Crippen molar-refractivity contribution in [1.29, 1.82) is 0 Å². The summed E-state index contributed by atoms with van der Waals surface area (Å²) in [4.78, 5) is 0. The van der Waals surface area contributed by atoms with Crippen molar-refractivity contribution in [2.45, 2.75) is 52.0 Å². The van der Waals surface area contributed by atoms with E-state index in [1.807, 2.05) is 0 Å². The molecule has 0 spiro atoms. The summed E-state index contributed by atoms with van der Waals surface area (Å²) in [5.41, 5.74) is 1.96. The maximum Gasteiger partial charge on any atom is 0.0396 e. The van der Waals surface area contributed by atoms with E-state index in [0.717, 1.165) is 6.54 Å². The predicted molar refractivity (Wildman–Crippen MR) is 79.6 cm³/mol. The first-order chi connectivity index (χ1) is 8.23. The Bertz CT molecular complexity index is 355. The van der Waals surface area contributed by atoms with Gasteiger partial charge in [-0.15, -0.1) is 0 Å². The predicted octanol–water partition coefficient (Wildman–Crippen LogP) is 5.13. The van der Waals surface area contributed by atoms with Gasteiger partial charge in [-0.05, 0) is 58.1 Å². The van der Waals surface area contributed by atoms with Crippen molar-refractivity contribution in [3.05, 3.63) is 20.8 Å². The van der Waals surface area contributed by atoms with Crippen LogP contribution >= 0.6 is 27.3 Å². The van der Waals surface area contributed by atoms with Crippen LogP contribution < -0.4 is 5.32 Å². The first-order valence-electron chi connectivity index (χ1n) is 6.68. The van der Waals surface area contributed by atoms with Crippen LogP contribution in [-0.4, -0.2) is 6.54 Å². The minimum atomic E-state index is 0.486. The number of hydrogen-bond acceptors (Lipinski definition) is 2. The fourth-order valence-electron chi connectivity index (χ4n) is 3.28. The van der Waals surface area contributed by atoms with Crippen LogP contribution in [0, 0.1) is 5.41 Å². The van der Waals surface area contributed by atoms with E-state index in [0.29, 0.717) is 11.5 Å². The Morgan fingerprint density at radius 2 is 2.06 bits per heavy atom. The van der Waals surface area contributed by atoms with E-state index in [4.69, 9.17) is 0 Å². The third kappa shape index (κ3) is 2.61. The molecule has 1 unspecified atom stereocenters. The van der Waals surface area contributed by atoms with Crippen molar-refractivity contribution in [1.82, 2.24) is 5.32 Å². The molecule has 0 bridgehead atoms. The molecule has 17 heavy (non-hydrogen) atoms. The normalized spacial score (nSPS) is 20.6. The highest BCUT2D eigenvalue weighted by Crippen LogP contribution is 2.51. The number of hydrogen-bond donors (Lipinski definition) is 1. The number of nitrogens with one attached hydrogen (secondary N) is 1. The van der Waals surface area contributed by atoms with Crippen LogP contribution in [0.3, 0.4) is 0 Å². The van der Waals surface area contributed by atoms with Gasteiger partial charge in [-0.1, -0.05) is 26.7 Å². The molecule has 3 heteroatoms. The minimum Gasteiger partial charge on any atom is -0.310 e. The second kappa shape index (κ2) is 5.85. The van der Waals surface area contributed by atoms with Crippen LogP contribution in [0.2, 0.25) is 0 Å².